The number of nitrogens with two attached hydrogens (primary N) is 1. The molecule has 122 valence electrons. The first-order chi connectivity index (χ1) is 9.70. The summed E-state index contributed by atoms with van der Waals surface area (Å²) in [4.78, 5) is 0. The second-order valence-electron chi connectivity index (χ2n) is 4.07. The predicted octanol–water partition coefficient (Wildman–Crippen LogP) is 1.18. The molecule has 1 heterocycles. The molecule has 1 aromatic heterocycles. The van der Waals surface area contributed by atoms with Crippen LogP contribution in [0.15, 0.2) is 14.5 Å². The van der Waals surface area contributed by atoms with E-state index in [1.165, 1.54) is 19.4 Å². The van der Waals surface area contributed by atoms with E-state index in [9.17, 15) is 13.0 Å². The van der Waals surface area contributed by atoms with Crippen molar-refractivity contribution >= 4 is 32.5 Å². The summed E-state index contributed by atoms with van der Waals surface area (Å²) in [5.74, 6) is 0. The molecule has 10 heteroatoms. The summed E-state index contributed by atoms with van der Waals surface area (Å²) in [7, 11) is -2.42. The lowest BCUT2D eigenvalue weighted by atomic mass is 10.2. The highest BCUT2D eigenvalue weighted by Crippen LogP contribution is 2.35. The van der Waals surface area contributed by atoms with E-state index >= 15 is 0 Å². The third-order valence-corrected chi connectivity index (χ3v) is 6.57. The van der Waals surface area contributed by atoms with Gasteiger partial charge in [-0.05, 0) is 31.1 Å². The first-order valence-electron chi connectivity index (χ1n) is 6.00. The average molecular weight is 357 g/mol. The van der Waals surface area contributed by atoms with Crippen molar-refractivity contribution in [3.8, 4) is 0 Å². The third kappa shape index (κ3) is 5.18. The first kappa shape index (κ1) is 18.8. The maximum Gasteiger partial charge on any atom is 0.271 e. The van der Waals surface area contributed by atoms with E-state index in [2.05, 4.69) is 0 Å². The van der Waals surface area contributed by atoms with Gasteiger partial charge >= 0.3 is 0 Å². The summed E-state index contributed by atoms with van der Waals surface area (Å²) in [6.07, 6.45) is 0.901. The number of sulfonamides is 1. The molecule has 0 bridgehead atoms. The standard InChI is InChI=1S/C11H19NO6S3/c1-5-17-11(16-3)18-7(2)8-6-9(21(12,14)15)19-10(8)20(4)13/h6-7,11H,5H2,1-4H3,(H2,12,14,15). The molecule has 3 atom stereocenters. The van der Waals surface area contributed by atoms with Crippen molar-refractivity contribution < 1.29 is 27.2 Å². The van der Waals surface area contributed by atoms with E-state index in [-0.39, 0.29) is 4.21 Å². The van der Waals surface area contributed by atoms with Gasteiger partial charge in [0.1, 0.15) is 10.5 Å². The molecule has 0 aliphatic heterocycles. The van der Waals surface area contributed by atoms with Crippen molar-refractivity contribution in [3.05, 3.63) is 11.6 Å². The molecule has 0 aliphatic rings. The highest BCUT2D eigenvalue weighted by molar-refractivity contribution is 7.94. The minimum atomic E-state index is -3.85. The molecule has 0 aromatic carbocycles. The molecule has 7 nitrogen and oxygen atoms in total. The van der Waals surface area contributed by atoms with Crippen molar-refractivity contribution in [2.24, 2.45) is 5.14 Å². The molecule has 21 heavy (non-hydrogen) atoms. The highest BCUT2D eigenvalue weighted by atomic mass is 32.3. The molecular formula is C11H19NO6S3. The zero-order chi connectivity index (χ0) is 16.2. The quantitative estimate of drug-likeness (QED) is 0.552. The molecule has 2 N–H and O–H groups in total. The number of thiophene rings is 1. The number of ether oxygens (including phenoxy) is 3. The van der Waals surface area contributed by atoms with Crippen molar-refractivity contribution in [2.75, 3.05) is 20.0 Å². The van der Waals surface area contributed by atoms with Crippen molar-refractivity contribution in [1.29, 1.82) is 0 Å². The van der Waals surface area contributed by atoms with Gasteiger partial charge in [-0.3, -0.25) is 0 Å². The minimum absolute atomic E-state index is 0.0523. The van der Waals surface area contributed by atoms with Crippen molar-refractivity contribution in [3.63, 3.8) is 0 Å². The number of hydrogen-bond acceptors (Lipinski definition) is 7. The Morgan fingerprint density at radius 1 is 1.52 bits per heavy atom. The Bertz CT molecular complexity index is 556. The fourth-order valence-electron chi connectivity index (χ4n) is 1.55. The zero-order valence-electron chi connectivity index (χ0n) is 12.2. The summed E-state index contributed by atoms with van der Waals surface area (Å²) in [6.45, 7) is 2.98. The Balaban J connectivity index is 3.07. The van der Waals surface area contributed by atoms with Gasteiger partial charge in [-0.1, -0.05) is 11.3 Å². The van der Waals surface area contributed by atoms with Gasteiger partial charge in [-0.25, -0.2) is 13.6 Å². The van der Waals surface area contributed by atoms with Gasteiger partial charge in [0.25, 0.3) is 6.48 Å². The first-order valence-corrected chi connectivity index (χ1v) is 9.92. The number of primary sulfonamides is 1. The number of methoxy groups -OCH3 is 1. The lowest BCUT2D eigenvalue weighted by molar-refractivity contribution is -0.292. The molecule has 0 spiro atoms. The van der Waals surface area contributed by atoms with E-state index in [0.29, 0.717) is 16.4 Å². The van der Waals surface area contributed by atoms with Gasteiger partial charge in [-0.2, -0.15) is 0 Å². The van der Waals surface area contributed by atoms with E-state index < -0.39 is 33.8 Å². The van der Waals surface area contributed by atoms with Crippen LogP contribution in [-0.4, -0.2) is 39.4 Å². The second kappa shape index (κ2) is 7.88. The summed E-state index contributed by atoms with van der Waals surface area (Å²) < 4.78 is 50.7. The maximum atomic E-state index is 11.8. The Labute approximate surface area is 131 Å². The van der Waals surface area contributed by atoms with E-state index in [4.69, 9.17) is 19.3 Å². The monoisotopic (exact) mass is 357 g/mol. The van der Waals surface area contributed by atoms with Gasteiger partial charge < -0.3 is 18.8 Å². The largest absolute Gasteiger partial charge is 0.611 e. The molecule has 1 rings (SSSR count). The molecule has 0 aliphatic carbocycles. The Hall–Kier alpha value is -0.200. The molecule has 0 amide bonds. The van der Waals surface area contributed by atoms with Gasteiger partial charge in [-0.15, -0.1) is 0 Å². The van der Waals surface area contributed by atoms with E-state index in [1.54, 1.807) is 13.8 Å². The van der Waals surface area contributed by atoms with Gasteiger partial charge in [0.2, 0.25) is 14.2 Å². The van der Waals surface area contributed by atoms with Crippen LogP contribution in [0.25, 0.3) is 0 Å². The van der Waals surface area contributed by atoms with Gasteiger partial charge in [0.15, 0.2) is 0 Å². The second-order valence-corrected chi connectivity index (χ2v) is 8.48. The summed E-state index contributed by atoms with van der Waals surface area (Å²) >= 11 is -0.483. The molecule has 0 fully saturated rings. The van der Waals surface area contributed by atoms with Crippen LogP contribution in [0.5, 0.6) is 0 Å². The van der Waals surface area contributed by atoms with Crippen LogP contribution in [-0.2, 0) is 35.4 Å². The molecular weight excluding hydrogens is 338 g/mol. The molecule has 1 aromatic rings. The van der Waals surface area contributed by atoms with E-state index in [0.717, 1.165) is 11.3 Å². The average Bonchev–Trinajstić information content (AvgIpc) is 2.83. The van der Waals surface area contributed by atoms with Gasteiger partial charge in [0, 0.05) is 19.3 Å². The Morgan fingerprint density at radius 2 is 2.14 bits per heavy atom. The molecule has 0 saturated carbocycles. The lowest BCUT2D eigenvalue weighted by Gasteiger charge is -2.20. The maximum absolute atomic E-state index is 11.8. The Morgan fingerprint density at radius 3 is 2.57 bits per heavy atom. The van der Waals surface area contributed by atoms with Crippen LogP contribution >= 0.6 is 11.3 Å². The van der Waals surface area contributed by atoms with Crippen LogP contribution in [0.4, 0.5) is 0 Å². The fraction of sp³-hybridized carbons (Fsp3) is 0.636. The third-order valence-electron chi connectivity index (χ3n) is 2.49. The normalized spacial score (nSPS) is 16.7. The highest BCUT2D eigenvalue weighted by Gasteiger charge is 2.27. The fourth-order valence-corrected chi connectivity index (χ4v) is 4.72. The zero-order valence-corrected chi connectivity index (χ0v) is 14.6. The van der Waals surface area contributed by atoms with Crippen LogP contribution in [0.2, 0.25) is 0 Å². The Kier molecular flexibility index (Phi) is 7.07. The predicted molar refractivity (Wildman–Crippen MR) is 79.9 cm³/mol. The van der Waals surface area contributed by atoms with Crippen LogP contribution in [0, 0.1) is 0 Å². The van der Waals surface area contributed by atoms with Crippen molar-refractivity contribution in [2.45, 2.75) is 34.8 Å². The minimum Gasteiger partial charge on any atom is -0.611 e. The van der Waals surface area contributed by atoms with Crippen molar-refractivity contribution in [1.82, 2.24) is 0 Å². The van der Waals surface area contributed by atoms with Crippen LogP contribution < -0.4 is 5.14 Å². The smallest absolute Gasteiger partial charge is 0.271 e. The molecule has 3 unspecified atom stereocenters. The SMILES string of the molecule is CCOC(OC)OC(C)c1cc(S(N)(=O)=O)sc1[S+](C)[O-]. The summed E-state index contributed by atoms with van der Waals surface area (Å²) in [6, 6.07) is 1.38. The molecule has 0 radical (unpaired) electrons. The van der Waals surface area contributed by atoms with E-state index in [1.807, 2.05) is 0 Å². The number of hydrogen-bond donors (Lipinski definition) is 1. The van der Waals surface area contributed by atoms with Crippen LogP contribution in [0.1, 0.15) is 25.5 Å². The van der Waals surface area contributed by atoms with Crippen LogP contribution in [0.3, 0.4) is 0 Å². The summed E-state index contributed by atoms with van der Waals surface area (Å²) in [5.41, 5.74) is 0.492. The topological polar surface area (TPSA) is 111 Å². The molecule has 0 saturated heterocycles. The summed E-state index contributed by atoms with van der Waals surface area (Å²) in [5, 5.41) is 5.11. The van der Waals surface area contributed by atoms with Gasteiger partial charge in [0.05, 0.1) is 6.10 Å². The number of rotatable bonds is 8. The lowest BCUT2D eigenvalue weighted by Crippen LogP contribution is -2.21.